The molecule has 0 aliphatic carbocycles. The second-order valence-corrected chi connectivity index (χ2v) is 6.61. The summed E-state index contributed by atoms with van der Waals surface area (Å²) in [4.78, 5) is 34.5. The molecule has 1 saturated heterocycles. The van der Waals surface area contributed by atoms with Crippen LogP contribution >= 0.6 is 0 Å². The minimum Gasteiger partial charge on any atom is -0.314 e. The van der Waals surface area contributed by atoms with Gasteiger partial charge < -0.3 is 5.32 Å². The Bertz CT molecular complexity index is 368. The maximum atomic E-state index is 12.2. The lowest BCUT2D eigenvalue weighted by Crippen LogP contribution is -2.49. The van der Waals surface area contributed by atoms with Crippen molar-refractivity contribution in [2.75, 3.05) is 13.1 Å². The summed E-state index contributed by atoms with van der Waals surface area (Å²) < 4.78 is 0. The van der Waals surface area contributed by atoms with Crippen LogP contribution in [0.25, 0.3) is 0 Å². The Kier molecular flexibility index (Phi) is 7.44. The van der Waals surface area contributed by atoms with Crippen LogP contribution in [0.2, 0.25) is 0 Å². The van der Waals surface area contributed by atoms with Crippen molar-refractivity contribution in [3.63, 3.8) is 0 Å². The van der Waals surface area contributed by atoms with Crippen molar-refractivity contribution in [2.24, 2.45) is 0 Å². The van der Waals surface area contributed by atoms with Crippen LogP contribution in [0, 0.1) is 0 Å². The number of carbonyl (C=O) groups excluding carboxylic acids is 2. The lowest BCUT2D eigenvalue weighted by molar-refractivity contribution is -0.191. The first-order valence-corrected chi connectivity index (χ1v) is 8.04. The van der Waals surface area contributed by atoms with E-state index >= 15 is 0 Å². The highest BCUT2D eigenvalue weighted by molar-refractivity contribution is 5.71. The maximum absolute atomic E-state index is 12.2. The van der Waals surface area contributed by atoms with Crippen LogP contribution in [0.5, 0.6) is 0 Å². The summed E-state index contributed by atoms with van der Waals surface area (Å²) in [6.45, 7) is 8.96. The Labute approximate surface area is 132 Å². The Balaban J connectivity index is 2.50. The van der Waals surface area contributed by atoms with Gasteiger partial charge in [-0.2, -0.15) is 0 Å². The fourth-order valence-corrected chi connectivity index (χ4v) is 2.30. The number of amides is 2. The van der Waals surface area contributed by atoms with Gasteiger partial charge >= 0.3 is 12.2 Å². The average Bonchev–Trinajstić information content (AvgIpc) is 2.66. The predicted octanol–water partition coefficient (Wildman–Crippen LogP) is 2.76. The molecule has 2 N–H and O–H groups in total. The molecule has 7 heteroatoms. The first-order chi connectivity index (χ1) is 10.3. The van der Waals surface area contributed by atoms with Crippen LogP contribution in [0.3, 0.4) is 0 Å². The lowest BCUT2D eigenvalue weighted by atomic mass is 10.1. The molecule has 0 saturated carbocycles. The van der Waals surface area contributed by atoms with E-state index in [1.54, 1.807) is 4.90 Å². The van der Waals surface area contributed by atoms with E-state index in [1.807, 2.05) is 20.8 Å². The normalized spacial score (nSPS) is 19.3. The summed E-state index contributed by atoms with van der Waals surface area (Å²) in [6, 6.07) is 0. The lowest BCUT2D eigenvalue weighted by Gasteiger charge is -2.29. The van der Waals surface area contributed by atoms with Crippen LogP contribution in [0.4, 0.5) is 9.59 Å². The number of hydrogen-bond donors (Lipinski definition) is 2. The molecule has 2 amide bonds. The van der Waals surface area contributed by atoms with Crippen LogP contribution in [-0.2, 0) is 9.78 Å². The van der Waals surface area contributed by atoms with Crippen LogP contribution in [-0.4, -0.2) is 41.9 Å². The Hall–Kier alpha value is -1.50. The zero-order chi connectivity index (χ0) is 16.6. The topological polar surface area (TPSA) is 79.9 Å². The SMILES string of the molecule is CCCNC1CCCCCN1C(=O)OOC(=O)NC(C)(C)C. The molecule has 1 fully saturated rings. The van der Waals surface area contributed by atoms with Gasteiger partial charge in [0.25, 0.3) is 0 Å². The molecule has 1 aliphatic rings. The summed E-state index contributed by atoms with van der Waals surface area (Å²) in [7, 11) is 0. The highest BCUT2D eigenvalue weighted by Crippen LogP contribution is 2.16. The zero-order valence-electron chi connectivity index (χ0n) is 14.1. The Morgan fingerprint density at radius 3 is 2.55 bits per heavy atom. The molecular weight excluding hydrogens is 286 g/mol. The number of rotatable bonds is 3. The fourth-order valence-electron chi connectivity index (χ4n) is 2.30. The largest absolute Gasteiger partial charge is 0.454 e. The number of nitrogens with one attached hydrogen (secondary N) is 2. The van der Waals surface area contributed by atoms with E-state index in [0.29, 0.717) is 6.54 Å². The summed E-state index contributed by atoms with van der Waals surface area (Å²) in [6.07, 6.45) is 3.48. The molecule has 7 nitrogen and oxygen atoms in total. The van der Waals surface area contributed by atoms with Crippen molar-refractivity contribution in [2.45, 2.75) is 71.5 Å². The van der Waals surface area contributed by atoms with Crippen molar-refractivity contribution < 1.29 is 19.4 Å². The minimum absolute atomic E-state index is 0.0655. The third-order valence-electron chi connectivity index (χ3n) is 3.28. The molecule has 0 bridgehead atoms. The molecule has 22 heavy (non-hydrogen) atoms. The van der Waals surface area contributed by atoms with E-state index in [2.05, 4.69) is 27.3 Å². The first-order valence-electron chi connectivity index (χ1n) is 8.04. The van der Waals surface area contributed by atoms with Crippen molar-refractivity contribution in [3.8, 4) is 0 Å². The van der Waals surface area contributed by atoms with Gasteiger partial charge in [0.1, 0.15) is 0 Å². The molecule has 1 aliphatic heterocycles. The summed E-state index contributed by atoms with van der Waals surface area (Å²) in [5.41, 5.74) is -0.447. The van der Waals surface area contributed by atoms with Crippen molar-refractivity contribution in [3.05, 3.63) is 0 Å². The van der Waals surface area contributed by atoms with Crippen molar-refractivity contribution in [1.82, 2.24) is 15.5 Å². The van der Waals surface area contributed by atoms with E-state index in [0.717, 1.165) is 38.6 Å². The average molecular weight is 315 g/mol. The molecule has 0 radical (unpaired) electrons. The van der Waals surface area contributed by atoms with Gasteiger partial charge in [-0.1, -0.05) is 13.3 Å². The van der Waals surface area contributed by atoms with Crippen molar-refractivity contribution >= 4 is 12.2 Å². The predicted molar refractivity (Wildman–Crippen MR) is 83.1 cm³/mol. The molecule has 0 aromatic carbocycles. The molecule has 1 atom stereocenters. The Morgan fingerprint density at radius 2 is 1.91 bits per heavy atom. The third kappa shape index (κ3) is 6.98. The van der Waals surface area contributed by atoms with E-state index in [4.69, 9.17) is 0 Å². The molecule has 1 rings (SSSR count). The number of likely N-dealkylation sites (tertiary alicyclic amines) is 1. The smallest absolute Gasteiger partial charge is 0.314 e. The van der Waals surface area contributed by atoms with Gasteiger partial charge in [-0.25, -0.2) is 19.4 Å². The molecule has 1 unspecified atom stereocenters. The van der Waals surface area contributed by atoms with Gasteiger partial charge in [0.2, 0.25) is 0 Å². The van der Waals surface area contributed by atoms with Gasteiger partial charge in [-0.15, -0.1) is 0 Å². The van der Waals surface area contributed by atoms with E-state index in [9.17, 15) is 9.59 Å². The van der Waals surface area contributed by atoms with Gasteiger partial charge in [-0.05, 0) is 53.0 Å². The van der Waals surface area contributed by atoms with E-state index in [1.165, 1.54) is 0 Å². The molecule has 0 aromatic heterocycles. The molecule has 1 heterocycles. The van der Waals surface area contributed by atoms with Gasteiger partial charge in [0.05, 0.1) is 6.17 Å². The van der Waals surface area contributed by atoms with Gasteiger partial charge in [0.15, 0.2) is 0 Å². The summed E-state index contributed by atoms with van der Waals surface area (Å²) in [5, 5.41) is 5.90. The zero-order valence-corrected chi connectivity index (χ0v) is 14.1. The van der Waals surface area contributed by atoms with Crippen LogP contribution < -0.4 is 10.6 Å². The minimum atomic E-state index is -0.770. The van der Waals surface area contributed by atoms with Crippen molar-refractivity contribution in [1.29, 1.82) is 0 Å². The molecule has 0 spiro atoms. The first kappa shape index (κ1) is 18.5. The van der Waals surface area contributed by atoms with Gasteiger partial charge in [0, 0.05) is 12.1 Å². The van der Waals surface area contributed by atoms with Gasteiger partial charge in [-0.3, -0.25) is 10.2 Å². The number of carbonyl (C=O) groups is 2. The van der Waals surface area contributed by atoms with Crippen LogP contribution in [0.15, 0.2) is 0 Å². The highest BCUT2D eigenvalue weighted by Gasteiger charge is 2.28. The highest BCUT2D eigenvalue weighted by atomic mass is 17.2. The van der Waals surface area contributed by atoms with E-state index < -0.39 is 17.7 Å². The monoisotopic (exact) mass is 315 g/mol. The third-order valence-corrected chi connectivity index (χ3v) is 3.28. The van der Waals surface area contributed by atoms with Crippen LogP contribution in [0.1, 0.15) is 59.8 Å². The standard InChI is InChI=1S/C15H29N3O4/c1-5-10-16-12-9-7-6-8-11-18(12)14(20)22-21-13(19)17-15(2,3)4/h12,16H,5-11H2,1-4H3,(H,17,19). The summed E-state index contributed by atoms with van der Waals surface area (Å²) >= 11 is 0. The second kappa shape index (κ2) is 8.82. The number of nitrogens with zero attached hydrogens (tertiary/aromatic N) is 1. The number of hydrogen-bond acceptors (Lipinski definition) is 5. The van der Waals surface area contributed by atoms with E-state index in [-0.39, 0.29) is 6.17 Å². The molecular formula is C15H29N3O4. The fraction of sp³-hybridized carbons (Fsp3) is 0.867. The second-order valence-electron chi connectivity index (χ2n) is 6.61. The summed E-state index contributed by atoms with van der Waals surface area (Å²) in [5.74, 6) is 0. The molecule has 128 valence electrons. The maximum Gasteiger partial charge on any atom is 0.454 e. The Morgan fingerprint density at radius 1 is 1.18 bits per heavy atom. The quantitative estimate of drug-likeness (QED) is 0.618. The molecule has 0 aromatic rings.